The molecular weight excluding hydrogens is 285 g/mol. The lowest BCUT2D eigenvalue weighted by Gasteiger charge is -2.18. The first-order valence-corrected chi connectivity index (χ1v) is 6.47. The SMILES string of the molecule is COCCC(N)C(=O)NC(C)c1cccc(C(F)(F)F)c1. The topological polar surface area (TPSA) is 64.3 Å². The van der Waals surface area contributed by atoms with Gasteiger partial charge in [-0.05, 0) is 31.0 Å². The van der Waals surface area contributed by atoms with Crippen molar-refractivity contribution in [2.45, 2.75) is 31.6 Å². The van der Waals surface area contributed by atoms with Crippen LogP contribution in [0.4, 0.5) is 13.2 Å². The number of hydrogen-bond acceptors (Lipinski definition) is 3. The van der Waals surface area contributed by atoms with Crippen molar-refractivity contribution in [1.29, 1.82) is 0 Å². The summed E-state index contributed by atoms with van der Waals surface area (Å²) in [5.41, 5.74) is 5.28. The Morgan fingerprint density at radius 2 is 2.10 bits per heavy atom. The van der Waals surface area contributed by atoms with Crippen LogP contribution in [0.3, 0.4) is 0 Å². The van der Waals surface area contributed by atoms with Crippen molar-refractivity contribution in [3.63, 3.8) is 0 Å². The van der Waals surface area contributed by atoms with Crippen LogP contribution in [-0.4, -0.2) is 25.7 Å². The summed E-state index contributed by atoms with van der Waals surface area (Å²) in [7, 11) is 1.50. The predicted octanol–water partition coefficient (Wildman–Crippen LogP) is 2.25. The quantitative estimate of drug-likeness (QED) is 0.847. The fourth-order valence-corrected chi connectivity index (χ4v) is 1.76. The van der Waals surface area contributed by atoms with Crippen LogP contribution in [0.15, 0.2) is 24.3 Å². The standard InChI is InChI=1S/C14H19F3N2O2/c1-9(19-13(20)12(18)6-7-21-2)10-4-3-5-11(8-10)14(15,16)17/h3-5,8-9,12H,6-7,18H2,1-2H3,(H,19,20). The van der Waals surface area contributed by atoms with Crippen molar-refractivity contribution >= 4 is 5.91 Å². The van der Waals surface area contributed by atoms with Gasteiger partial charge in [0.15, 0.2) is 0 Å². The van der Waals surface area contributed by atoms with Gasteiger partial charge in [-0.25, -0.2) is 0 Å². The second-order valence-electron chi connectivity index (χ2n) is 4.74. The summed E-state index contributed by atoms with van der Waals surface area (Å²) in [5, 5.41) is 2.60. The van der Waals surface area contributed by atoms with E-state index in [1.807, 2.05) is 0 Å². The maximum atomic E-state index is 12.6. The molecule has 7 heteroatoms. The van der Waals surface area contributed by atoms with Crippen molar-refractivity contribution in [3.05, 3.63) is 35.4 Å². The van der Waals surface area contributed by atoms with E-state index in [0.29, 0.717) is 18.6 Å². The van der Waals surface area contributed by atoms with E-state index in [0.717, 1.165) is 12.1 Å². The van der Waals surface area contributed by atoms with E-state index in [4.69, 9.17) is 10.5 Å². The zero-order valence-corrected chi connectivity index (χ0v) is 11.9. The number of nitrogens with two attached hydrogens (primary N) is 1. The third kappa shape index (κ3) is 5.35. The van der Waals surface area contributed by atoms with E-state index in [2.05, 4.69) is 5.32 Å². The van der Waals surface area contributed by atoms with Crippen molar-refractivity contribution in [2.24, 2.45) is 5.73 Å². The van der Waals surface area contributed by atoms with Crippen molar-refractivity contribution < 1.29 is 22.7 Å². The molecule has 118 valence electrons. The molecule has 0 aliphatic rings. The molecule has 21 heavy (non-hydrogen) atoms. The number of benzene rings is 1. The predicted molar refractivity (Wildman–Crippen MR) is 72.5 cm³/mol. The fourth-order valence-electron chi connectivity index (χ4n) is 1.76. The van der Waals surface area contributed by atoms with Crippen LogP contribution in [0.1, 0.15) is 30.5 Å². The highest BCUT2D eigenvalue weighted by Crippen LogP contribution is 2.30. The molecule has 2 unspecified atom stereocenters. The van der Waals surface area contributed by atoms with Gasteiger partial charge in [0.2, 0.25) is 5.91 Å². The van der Waals surface area contributed by atoms with Crippen molar-refractivity contribution in [3.8, 4) is 0 Å². The second kappa shape index (κ2) is 7.42. The molecule has 0 aliphatic heterocycles. The molecule has 0 saturated carbocycles. The first-order chi connectivity index (χ1) is 9.75. The van der Waals surface area contributed by atoms with Crippen LogP contribution >= 0.6 is 0 Å². The Hall–Kier alpha value is -1.60. The molecule has 1 rings (SSSR count). The van der Waals surface area contributed by atoms with Gasteiger partial charge in [-0.15, -0.1) is 0 Å². The molecule has 0 bridgehead atoms. The number of carbonyl (C=O) groups is 1. The molecule has 0 saturated heterocycles. The van der Waals surface area contributed by atoms with Gasteiger partial charge in [-0.2, -0.15) is 13.2 Å². The molecule has 0 spiro atoms. The minimum Gasteiger partial charge on any atom is -0.385 e. The summed E-state index contributed by atoms with van der Waals surface area (Å²) >= 11 is 0. The molecule has 0 aliphatic carbocycles. The Bertz CT molecular complexity index is 478. The van der Waals surface area contributed by atoms with Crippen LogP contribution in [0.25, 0.3) is 0 Å². The normalized spacial score (nSPS) is 14.6. The number of hydrogen-bond donors (Lipinski definition) is 2. The maximum absolute atomic E-state index is 12.6. The first-order valence-electron chi connectivity index (χ1n) is 6.47. The van der Waals surface area contributed by atoms with E-state index >= 15 is 0 Å². The molecule has 1 aromatic rings. The summed E-state index contributed by atoms with van der Waals surface area (Å²) in [6.45, 7) is 1.95. The number of methoxy groups -OCH3 is 1. The minimum absolute atomic E-state index is 0.340. The Kier molecular flexibility index (Phi) is 6.17. The number of rotatable bonds is 6. The lowest BCUT2D eigenvalue weighted by molar-refractivity contribution is -0.137. The summed E-state index contributed by atoms with van der Waals surface area (Å²) in [4.78, 5) is 11.8. The summed E-state index contributed by atoms with van der Waals surface area (Å²) < 4.78 is 42.7. The van der Waals surface area contributed by atoms with E-state index in [1.165, 1.54) is 19.2 Å². The van der Waals surface area contributed by atoms with Gasteiger partial charge >= 0.3 is 6.18 Å². The Labute approximate surface area is 121 Å². The number of alkyl halides is 3. The number of amides is 1. The fraction of sp³-hybridized carbons (Fsp3) is 0.500. The molecule has 4 nitrogen and oxygen atoms in total. The molecule has 0 aromatic heterocycles. The largest absolute Gasteiger partial charge is 0.416 e. The highest BCUT2D eigenvalue weighted by molar-refractivity contribution is 5.81. The lowest BCUT2D eigenvalue weighted by atomic mass is 10.0. The zero-order valence-electron chi connectivity index (χ0n) is 11.9. The number of halogens is 3. The van der Waals surface area contributed by atoms with Gasteiger partial charge in [0.1, 0.15) is 0 Å². The Morgan fingerprint density at radius 3 is 2.67 bits per heavy atom. The van der Waals surface area contributed by atoms with Gasteiger partial charge in [-0.3, -0.25) is 4.79 Å². The Balaban J connectivity index is 2.71. The van der Waals surface area contributed by atoms with Gasteiger partial charge < -0.3 is 15.8 Å². The van der Waals surface area contributed by atoms with Crippen LogP contribution in [0.2, 0.25) is 0 Å². The van der Waals surface area contributed by atoms with Crippen LogP contribution < -0.4 is 11.1 Å². The van der Waals surface area contributed by atoms with E-state index in [-0.39, 0.29) is 0 Å². The summed E-state index contributed by atoms with van der Waals surface area (Å²) in [5.74, 6) is -0.419. The van der Waals surface area contributed by atoms with Crippen LogP contribution in [0.5, 0.6) is 0 Å². The van der Waals surface area contributed by atoms with Gasteiger partial charge in [-0.1, -0.05) is 12.1 Å². The molecule has 0 radical (unpaired) electrons. The molecule has 2 atom stereocenters. The molecule has 3 N–H and O–H groups in total. The van der Waals surface area contributed by atoms with E-state index in [9.17, 15) is 18.0 Å². The average molecular weight is 304 g/mol. The summed E-state index contributed by atoms with van der Waals surface area (Å²) in [6, 6.07) is 3.53. The van der Waals surface area contributed by atoms with Gasteiger partial charge in [0.25, 0.3) is 0 Å². The average Bonchev–Trinajstić information content (AvgIpc) is 2.43. The minimum atomic E-state index is -4.41. The smallest absolute Gasteiger partial charge is 0.385 e. The molecule has 0 fully saturated rings. The first kappa shape index (κ1) is 17.5. The highest BCUT2D eigenvalue weighted by atomic mass is 19.4. The van der Waals surface area contributed by atoms with Crippen LogP contribution in [0, 0.1) is 0 Å². The van der Waals surface area contributed by atoms with Crippen molar-refractivity contribution in [1.82, 2.24) is 5.32 Å². The molecule has 0 heterocycles. The van der Waals surface area contributed by atoms with E-state index < -0.39 is 29.7 Å². The zero-order chi connectivity index (χ0) is 16.0. The third-order valence-electron chi connectivity index (χ3n) is 3.04. The number of ether oxygens (including phenoxy) is 1. The van der Waals surface area contributed by atoms with Crippen LogP contribution in [-0.2, 0) is 15.7 Å². The third-order valence-corrected chi connectivity index (χ3v) is 3.04. The second-order valence-corrected chi connectivity index (χ2v) is 4.74. The monoisotopic (exact) mass is 304 g/mol. The van der Waals surface area contributed by atoms with Gasteiger partial charge in [0.05, 0.1) is 17.6 Å². The van der Waals surface area contributed by atoms with Gasteiger partial charge in [0, 0.05) is 13.7 Å². The molecule has 1 amide bonds. The lowest BCUT2D eigenvalue weighted by Crippen LogP contribution is -2.42. The highest BCUT2D eigenvalue weighted by Gasteiger charge is 2.30. The molecule has 1 aromatic carbocycles. The number of carbonyl (C=O) groups excluding carboxylic acids is 1. The maximum Gasteiger partial charge on any atom is 0.416 e. The number of nitrogens with one attached hydrogen (secondary N) is 1. The summed E-state index contributed by atoms with van der Waals surface area (Å²) in [6.07, 6.45) is -4.06. The van der Waals surface area contributed by atoms with E-state index in [1.54, 1.807) is 6.92 Å². The molecular formula is C14H19F3N2O2. The Morgan fingerprint density at radius 1 is 1.43 bits per heavy atom. The van der Waals surface area contributed by atoms with Crippen molar-refractivity contribution in [2.75, 3.05) is 13.7 Å².